The quantitative estimate of drug-likeness (QED) is 0.617. The average molecular weight is 360 g/mol. The SMILES string of the molecule is C[C@@H]1CN(C(=O)c2ccc(N)c(I)c2)C[C@H](C)O1. The lowest BCUT2D eigenvalue weighted by Crippen LogP contribution is -2.48. The first kappa shape index (κ1) is 13.6. The Kier molecular flexibility index (Phi) is 4.11. The minimum absolute atomic E-state index is 0.0508. The highest BCUT2D eigenvalue weighted by atomic mass is 127. The van der Waals surface area contributed by atoms with Gasteiger partial charge in [-0.1, -0.05) is 0 Å². The molecule has 1 saturated heterocycles. The van der Waals surface area contributed by atoms with E-state index in [-0.39, 0.29) is 18.1 Å². The smallest absolute Gasteiger partial charge is 0.254 e. The molecule has 0 radical (unpaired) electrons. The van der Waals surface area contributed by atoms with Crippen molar-refractivity contribution in [3.63, 3.8) is 0 Å². The van der Waals surface area contributed by atoms with Gasteiger partial charge in [0.05, 0.1) is 12.2 Å². The van der Waals surface area contributed by atoms with Crippen molar-refractivity contribution >= 4 is 34.2 Å². The number of hydrogen-bond donors (Lipinski definition) is 1. The predicted octanol–water partition coefficient (Wildman–Crippen LogP) is 2.12. The molecule has 2 atom stereocenters. The fraction of sp³-hybridized carbons (Fsp3) is 0.462. The van der Waals surface area contributed by atoms with Crippen LogP contribution < -0.4 is 5.73 Å². The molecule has 1 aliphatic rings. The predicted molar refractivity (Wildman–Crippen MR) is 79.5 cm³/mol. The van der Waals surface area contributed by atoms with Crippen molar-refractivity contribution in [3.8, 4) is 0 Å². The molecular formula is C13H17IN2O2. The Morgan fingerprint density at radius 1 is 1.39 bits per heavy atom. The third-order valence-corrected chi connectivity index (χ3v) is 3.89. The van der Waals surface area contributed by atoms with Gasteiger partial charge in [-0.25, -0.2) is 0 Å². The second-order valence-corrected chi connectivity index (χ2v) is 5.87. The minimum atomic E-state index is 0.0508. The van der Waals surface area contributed by atoms with Crippen molar-refractivity contribution < 1.29 is 9.53 Å². The highest BCUT2D eigenvalue weighted by Crippen LogP contribution is 2.19. The third-order valence-electron chi connectivity index (χ3n) is 2.95. The summed E-state index contributed by atoms with van der Waals surface area (Å²) < 4.78 is 6.54. The number of hydrogen-bond acceptors (Lipinski definition) is 3. The number of anilines is 1. The van der Waals surface area contributed by atoms with Crippen molar-refractivity contribution in [1.82, 2.24) is 4.90 Å². The van der Waals surface area contributed by atoms with Gasteiger partial charge in [-0.05, 0) is 54.6 Å². The number of nitrogens with zero attached hydrogens (tertiary/aromatic N) is 1. The Morgan fingerprint density at radius 2 is 2.00 bits per heavy atom. The monoisotopic (exact) mass is 360 g/mol. The molecule has 1 amide bonds. The molecule has 0 aromatic heterocycles. The fourth-order valence-electron chi connectivity index (χ4n) is 2.19. The first-order chi connectivity index (χ1) is 8.47. The maximum Gasteiger partial charge on any atom is 0.254 e. The summed E-state index contributed by atoms with van der Waals surface area (Å²) in [6.07, 6.45) is 0.177. The van der Waals surface area contributed by atoms with Crippen molar-refractivity contribution in [3.05, 3.63) is 27.3 Å². The van der Waals surface area contributed by atoms with Crippen LogP contribution in [0.4, 0.5) is 5.69 Å². The molecular weight excluding hydrogens is 343 g/mol. The van der Waals surface area contributed by atoms with E-state index in [0.717, 1.165) is 3.57 Å². The van der Waals surface area contributed by atoms with Gasteiger partial charge >= 0.3 is 0 Å². The molecule has 0 bridgehead atoms. The van der Waals surface area contributed by atoms with Crippen molar-refractivity contribution in [2.75, 3.05) is 18.8 Å². The molecule has 98 valence electrons. The molecule has 1 aromatic rings. The lowest BCUT2D eigenvalue weighted by Gasteiger charge is -2.35. The molecule has 0 spiro atoms. The van der Waals surface area contributed by atoms with Crippen LogP contribution in [0.5, 0.6) is 0 Å². The molecule has 0 saturated carbocycles. The molecule has 2 rings (SSSR count). The number of carbonyl (C=O) groups is 1. The van der Waals surface area contributed by atoms with Gasteiger partial charge in [0.2, 0.25) is 0 Å². The Hall–Kier alpha value is -0.820. The lowest BCUT2D eigenvalue weighted by atomic mass is 10.1. The van der Waals surface area contributed by atoms with Crippen LogP contribution in [-0.4, -0.2) is 36.1 Å². The van der Waals surface area contributed by atoms with Crippen molar-refractivity contribution in [2.24, 2.45) is 0 Å². The normalized spacial score (nSPS) is 24.1. The number of morpholine rings is 1. The van der Waals surface area contributed by atoms with Gasteiger partial charge in [0.15, 0.2) is 0 Å². The highest BCUT2D eigenvalue weighted by Gasteiger charge is 2.26. The molecule has 4 nitrogen and oxygen atoms in total. The molecule has 2 N–H and O–H groups in total. The van der Waals surface area contributed by atoms with Gasteiger partial charge in [0.25, 0.3) is 5.91 Å². The van der Waals surface area contributed by atoms with E-state index in [2.05, 4.69) is 22.6 Å². The molecule has 0 aliphatic carbocycles. The summed E-state index contributed by atoms with van der Waals surface area (Å²) in [4.78, 5) is 14.2. The molecule has 1 aliphatic heterocycles. The van der Waals surface area contributed by atoms with Gasteiger partial charge in [0, 0.05) is 27.9 Å². The maximum absolute atomic E-state index is 12.4. The van der Waals surface area contributed by atoms with Gasteiger partial charge < -0.3 is 15.4 Å². The summed E-state index contributed by atoms with van der Waals surface area (Å²) in [5, 5.41) is 0. The summed E-state index contributed by atoms with van der Waals surface area (Å²) >= 11 is 2.14. The van der Waals surface area contributed by atoms with Crippen molar-refractivity contribution in [2.45, 2.75) is 26.1 Å². The van der Waals surface area contributed by atoms with Gasteiger partial charge in [-0.2, -0.15) is 0 Å². The largest absolute Gasteiger partial charge is 0.398 e. The number of nitrogen functional groups attached to an aromatic ring is 1. The number of carbonyl (C=O) groups excluding carboxylic acids is 1. The zero-order valence-electron chi connectivity index (χ0n) is 10.5. The van der Waals surface area contributed by atoms with Crippen LogP contribution in [0.25, 0.3) is 0 Å². The Bertz CT molecular complexity index is 454. The van der Waals surface area contributed by atoms with Gasteiger partial charge in [0.1, 0.15) is 0 Å². The van der Waals surface area contributed by atoms with Gasteiger partial charge in [-0.15, -0.1) is 0 Å². The molecule has 1 heterocycles. The summed E-state index contributed by atoms with van der Waals surface area (Å²) in [6, 6.07) is 5.40. The summed E-state index contributed by atoms with van der Waals surface area (Å²) in [5.41, 5.74) is 7.15. The van der Waals surface area contributed by atoms with E-state index in [1.807, 2.05) is 24.8 Å². The number of nitrogens with two attached hydrogens (primary N) is 1. The molecule has 1 fully saturated rings. The van der Waals surface area contributed by atoms with E-state index >= 15 is 0 Å². The molecule has 0 unspecified atom stereocenters. The van der Waals surface area contributed by atoms with E-state index in [1.165, 1.54) is 0 Å². The van der Waals surface area contributed by atoms with Crippen LogP contribution in [0.2, 0.25) is 0 Å². The number of rotatable bonds is 1. The standard InChI is InChI=1S/C13H17IN2O2/c1-8-6-16(7-9(2)18-8)13(17)10-3-4-12(15)11(14)5-10/h3-5,8-9H,6-7,15H2,1-2H3/t8-,9+. The van der Waals surface area contributed by atoms with Crippen LogP contribution in [0.15, 0.2) is 18.2 Å². The number of benzene rings is 1. The Morgan fingerprint density at radius 3 is 2.56 bits per heavy atom. The van der Waals surface area contributed by atoms with E-state index in [1.54, 1.807) is 12.1 Å². The summed E-state index contributed by atoms with van der Waals surface area (Å²) in [6.45, 7) is 5.26. The second kappa shape index (κ2) is 5.44. The van der Waals surface area contributed by atoms with Crippen LogP contribution in [0, 0.1) is 3.57 Å². The Labute approximate surface area is 121 Å². The average Bonchev–Trinajstić information content (AvgIpc) is 2.30. The topological polar surface area (TPSA) is 55.6 Å². The van der Waals surface area contributed by atoms with Crippen molar-refractivity contribution in [1.29, 1.82) is 0 Å². The van der Waals surface area contributed by atoms with E-state index in [9.17, 15) is 4.79 Å². The summed E-state index contributed by atoms with van der Waals surface area (Å²) in [5.74, 6) is 0.0508. The second-order valence-electron chi connectivity index (χ2n) is 4.70. The summed E-state index contributed by atoms with van der Waals surface area (Å²) in [7, 11) is 0. The van der Waals surface area contributed by atoms with E-state index in [0.29, 0.717) is 24.3 Å². The molecule has 18 heavy (non-hydrogen) atoms. The fourth-order valence-corrected chi connectivity index (χ4v) is 2.70. The van der Waals surface area contributed by atoms with Gasteiger partial charge in [-0.3, -0.25) is 4.79 Å². The zero-order valence-corrected chi connectivity index (χ0v) is 12.7. The van der Waals surface area contributed by atoms with E-state index in [4.69, 9.17) is 10.5 Å². The number of amides is 1. The molecule has 5 heteroatoms. The first-order valence-corrected chi connectivity index (χ1v) is 7.05. The molecule has 1 aromatic carbocycles. The highest BCUT2D eigenvalue weighted by molar-refractivity contribution is 14.1. The third kappa shape index (κ3) is 2.95. The van der Waals surface area contributed by atoms with Crippen LogP contribution in [0.1, 0.15) is 24.2 Å². The lowest BCUT2D eigenvalue weighted by molar-refractivity contribution is -0.0586. The number of ether oxygens (including phenoxy) is 1. The minimum Gasteiger partial charge on any atom is -0.398 e. The van der Waals surface area contributed by atoms with Crippen LogP contribution in [0.3, 0.4) is 0 Å². The first-order valence-electron chi connectivity index (χ1n) is 5.97. The van der Waals surface area contributed by atoms with Crippen LogP contribution >= 0.6 is 22.6 Å². The van der Waals surface area contributed by atoms with E-state index < -0.39 is 0 Å². The van der Waals surface area contributed by atoms with Crippen LogP contribution in [-0.2, 0) is 4.74 Å². The zero-order chi connectivity index (χ0) is 13.3. The maximum atomic E-state index is 12.4. The number of halogens is 1. The Balaban J connectivity index is 2.17.